The van der Waals surface area contributed by atoms with Gasteiger partial charge in [-0.2, -0.15) is 0 Å². The Morgan fingerprint density at radius 3 is 2.63 bits per heavy atom. The highest BCUT2D eigenvalue weighted by Gasteiger charge is 2.11. The van der Waals surface area contributed by atoms with Gasteiger partial charge in [-0.05, 0) is 63.5 Å². The fourth-order valence-electron chi connectivity index (χ4n) is 2.41. The van der Waals surface area contributed by atoms with Crippen LogP contribution in [0, 0.1) is 5.82 Å². The highest BCUT2D eigenvalue weighted by atomic mass is 79.9. The zero-order chi connectivity index (χ0) is 19.1. The topological polar surface area (TPSA) is 63.2 Å². The van der Waals surface area contributed by atoms with Crippen molar-refractivity contribution in [3.05, 3.63) is 94.0 Å². The van der Waals surface area contributed by atoms with Crippen LogP contribution in [-0.4, -0.2) is 10.9 Å². The largest absolute Gasteiger partial charge is 0.380 e. The quantitative estimate of drug-likeness (QED) is 0.429. The van der Waals surface area contributed by atoms with Gasteiger partial charge in [-0.1, -0.05) is 24.3 Å². The summed E-state index contributed by atoms with van der Waals surface area (Å²) in [6.07, 6.45) is 1.71. The van der Waals surface area contributed by atoms with Gasteiger partial charge in [-0.3, -0.25) is 9.63 Å². The maximum atomic E-state index is 12.9. The smallest absolute Gasteiger partial charge is 0.276 e. The molecule has 0 radical (unpaired) electrons. The summed E-state index contributed by atoms with van der Waals surface area (Å²) in [6.45, 7) is 0.689. The van der Waals surface area contributed by atoms with Crippen LogP contribution in [0.4, 0.5) is 10.1 Å². The maximum Gasteiger partial charge on any atom is 0.276 e. The number of pyridine rings is 1. The molecule has 0 aliphatic heterocycles. The van der Waals surface area contributed by atoms with E-state index in [1.165, 1.54) is 12.1 Å². The minimum Gasteiger partial charge on any atom is -0.380 e. The van der Waals surface area contributed by atoms with Crippen LogP contribution >= 0.6 is 15.9 Å². The third-order valence-corrected chi connectivity index (χ3v) is 4.20. The summed E-state index contributed by atoms with van der Waals surface area (Å²) in [4.78, 5) is 21.8. The molecule has 2 aromatic carbocycles. The van der Waals surface area contributed by atoms with E-state index in [1.54, 1.807) is 30.5 Å². The Labute approximate surface area is 164 Å². The molecular weight excluding hydrogens is 413 g/mol. The molecule has 7 heteroatoms. The van der Waals surface area contributed by atoms with E-state index < -0.39 is 0 Å². The van der Waals surface area contributed by atoms with E-state index in [-0.39, 0.29) is 18.3 Å². The Morgan fingerprint density at radius 2 is 1.85 bits per heavy atom. The molecule has 2 N–H and O–H groups in total. The predicted molar refractivity (Wildman–Crippen MR) is 104 cm³/mol. The van der Waals surface area contributed by atoms with Crippen molar-refractivity contribution in [1.82, 2.24) is 10.5 Å². The van der Waals surface area contributed by atoms with Crippen molar-refractivity contribution in [2.45, 2.75) is 13.2 Å². The zero-order valence-corrected chi connectivity index (χ0v) is 15.9. The van der Waals surface area contributed by atoms with Gasteiger partial charge in [0.05, 0.1) is 12.2 Å². The number of anilines is 1. The van der Waals surface area contributed by atoms with Crippen LogP contribution in [0.15, 0.2) is 71.5 Å². The average Bonchev–Trinajstić information content (AvgIpc) is 2.68. The molecule has 0 aliphatic rings. The van der Waals surface area contributed by atoms with Gasteiger partial charge in [0.1, 0.15) is 10.4 Å². The molecule has 3 aromatic rings. The Bertz CT molecular complexity index is 919. The molecule has 3 rings (SSSR count). The van der Waals surface area contributed by atoms with Gasteiger partial charge >= 0.3 is 0 Å². The van der Waals surface area contributed by atoms with Gasteiger partial charge < -0.3 is 5.32 Å². The van der Waals surface area contributed by atoms with E-state index in [4.69, 9.17) is 4.84 Å². The number of para-hydroxylation sites is 1. The third kappa shape index (κ3) is 5.60. The number of hydrogen-bond donors (Lipinski definition) is 2. The van der Waals surface area contributed by atoms with E-state index >= 15 is 0 Å². The fourth-order valence-corrected chi connectivity index (χ4v) is 2.82. The minimum atomic E-state index is -0.365. The van der Waals surface area contributed by atoms with Gasteiger partial charge in [0.25, 0.3) is 5.91 Å². The molecular formula is C20H17BrFN3O2. The lowest BCUT2D eigenvalue weighted by molar-refractivity contribution is 0.0234. The van der Waals surface area contributed by atoms with Crippen molar-refractivity contribution in [3.63, 3.8) is 0 Å². The molecule has 1 heterocycles. The summed E-state index contributed by atoms with van der Waals surface area (Å²) in [7, 11) is 0. The van der Waals surface area contributed by atoms with Gasteiger partial charge in [0.15, 0.2) is 0 Å². The van der Waals surface area contributed by atoms with Crippen LogP contribution < -0.4 is 10.8 Å². The second kappa shape index (κ2) is 9.25. The molecule has 5 nitrogen and oxygen atoms in total. The Kier molecular flexibility index (Phi) is 6.51. The Balaban J connectivity index is 1.58. The zero-order valence-electron chi connectivity index (χ0n) is 14.3. The summed E-state index contributed by atoms with van der Waals surface area (Å²) in [5.41, 5.74) is 5.35. The monoisotopic (exact) mass is 429 g/mol. The minimum absolute atomic E-state index is 0.145. The van der Waals surface area contributed by atoms with Gasteiger partial charge in [0, 0.05) is 18.4 Å². The Morgan fingerprint density at radius 1 is 1.07 bits per heavy atom. The van der Waals surface area contributed by atoms with Crippen LogP contribution in [0.5, 0.6) is 0 Å². The highest BCUT2D eigenvalue weighted by Crippen LogP contribution is 2.17. The SMILES string of the molecule is O=C(NOCc1ccc(F)cc1)c1ccccc1NCc1ccnc(Br)c1. The van der Waals surface area contributed by atoms with Gasteiger partial charge in [-0.25, -0.2) is 14.9 Å². The normalized spacial score (nSPS) is 10.4. The molecule has 0 saturated heterocycles. The van der Waals surface area contributed by atoms with Crippen molar-refractivity contribution in [2.24, 2.45) is 0 Å². The van der Waals surface area contributed by atoms with Crippen molar-refractivity contribution >= 4 is 27.5 Å². The van der Waals surface area contributed by atoms with Gasteiger partial charge in [-0.15, -0.1) is 0 Å². The lowest BCUT2D eigenvalue weighted by Gasteiger charge is -2.12. The molecule has 27 heavy (non-hydrogen) atoms. The lowest BCUT2D eigenvalue weighted by Crippen LogP contribution is -2.24. The number of hydroxylamine groups is 1. The van der Waals surface area contributed by atoms with Crippen LogP contribution in [-0.2, 0) is 18.0 Å². The van der Waals surface area contributed by atoms with Crippen LogP contribution in [0.1, 0.15) is 21.5 Å². The summed E-state index contributed by atoms with van der Waals surface area (Å²) in [5.74, 6) is -0.680. The van der Waals surface area contributed by atoms with E-state index in [1.807, 2.05) is 24.3 Å². The fraction of sp³-hybridized carbons (Fsp3) is 0.100. The summed E-state index contributed by atoms with van der Waals surface area (Å²) >= 11 is 3.34. The number of nitrogens with one attached hydrogen (secondary N) is 2. The number of aromatic nitrogens is 1. The second-order valence-electron chi connectivity index (χ2n) is 5.73. The standard InChI is InChI=1S/C20H17BrFN3O2/c21-19-11-15(9-10-23-19)12-24-18-4-2-1-3-17(18)20(26)25-27-13-14-5-7-16(22)8-6-14/h1-11,24H,12-13H2,(H,25,26). The number of carbonyl (C=O) groups excluding carboxylic acids is 1. The highest BCUT2D eigenvalue weighted by molar-refractivity contribution is 9.10. The number of rotatable bonds is 7. The molecule has 0 spiro atoms. The molecule has 0 atom stereocenters. The van der Waals surface area contributed by atoms with Crippen molar-refractivity contribution in [2.75, 3.05) is 5.32 Å². The van der Waals surface area contributed by atoms with Crippen molar-refractivity contribution in [1.29, 1.82) is 0 Å². The first kappa shape index (κ1) is 19.0. The second-order valence-corrected chi connectivity index (χ2v) is 6.54. The number of halogens is 2. The summed E-state index contributed by atoms with van der Waals surface area (Å²) in [6, 6.07) is 16.9. The van der Waals surface area contributed by atoms with Crippen LogP contribution in [0.3, 0.4) is 0 Å². The molecule has 0 saturated carbocycles. The third-order valence-electron chi connectivity index (χ3n) is 3.76. The number of carbonyl (C=O) groups is 1. The summed E-state index contributed by atoms with van der Waals surface area (Å²) in [5, 5.41) is 3.25. The maximum absolute atomic E-state index is 12.9. The average molecular weight is 430 g/mol. The molecule has 1 amide bonds. The number of amides is 1. The molecule has 0 unspecified atom stereocenters. The first-order valence-corrected chi connectivity index (χ1v) is 9.01. The predicted octanol–water partition coefficient (Wildman–Crippen LogP) is 4.46. The lowest BCUT2D eigenvalue weighted by atomic mass is 10.1. The Hall–Kier alpha value is -2.77. The van der Waals surface area contributed by atoms with E-state index in [2.05, 4.69) is 31.7 Å². The molecule has 0 fully saturated rings. The van der Waals surface area contributed by atoms with Crippen LogP contribution in [0.2, 0.25) is 0 Å². The molecule has 1 aromatic heterocycles. The van der Waals surface area contributed by atoms with E-state index in [0.29, 0.717) is 17.8 Å². The first-order valence-electron chi connectivity index (χ1n) is 8.22. The molecule has 0 bridgehead atoms. The number of benzene rings is 2. The van der Waals surface area contributed by atoms with Gasteiger partial charge in [0.2, 0.25) is 0 Å². The van der Waals surface area contributed by atoms with E-state index in [9.17, 15) is 9.18 Å². The molecule has 138 valence electrons. The molecule has 0 aliphatic carbocycles. The summed E-state index contributed by atoms with van der Waals surface area (Å²) < 4.78 is 13.6. The van der Waals surface area contributed by atoms with E-state index in [0.717, 1.165) is 15.7 Å². The first-order chi connectivity index (χ1) is 13.1. The number of hydrogen-bond acceptors (Lipinski definition) is 4. The van der Waals surface area contributed by atoms with Crippen molar-refractivity contribution in [3.8, 4) is 0 Å². The number of nitrogens with zero attached hydrogens (tertiary/aromatic N) is 1. The van der Waals surface area contributed by atoms with Crippen molar-refractivity contribution < 1.29 is 14.0 Å². The van der Waals surface area contributed by atoms with Crippen LogP contribution in [0.25, 0.3) is 0 Å².